The summed E-state index contributed by atoms with van der Waals surface area (Å²) in [6.45, 7) is 2.51. The van der Waals surface area contributed by atoms with Crippen LogP contribution in [0.1, 0.15) is 16.7 Å². The van der Waals surface area contributed by atoms with E-state index < -0.39 is 5.91 Å². The first-order chi connectivity index (χ1) is 14.9. The van der Waals surface area contributed by atoms with Crippen LogP contribution in [-0.4, -0.2) is 5.91 Å². The van der Waals surface area contributed by atoms with E-state index in [9.17, 15) is 10.1 Å². The number of hydrogen-bond acceptors (Lipinski definition) is 3. The van der Waals surface area contributed by atoms with Crippen LogP contribution < -0.4 is 10.1 Å². The fourth-order valence-electron chi connectivity index (χ4n) is 2.71. The number of amides is 1. The Labute approximate surface area is 213 Å². The number of benzene rings is 3. The number of para-hydroxylation sites is 1. The lowest BCUT2D eigenvalue weighted by Crippen LogP contribution is -2.13. The maximum atomic E-state index is 12.5. The Hall–Kier alpha value is -2.09. The third-order valence-corrected chi connectivity index (χ3v) is 6.25. The van der Waals surface area contributed by atoms with Gasteiger partial charge >= 0.3 is 0 Å². The van der Waals surface area contributed by atoms with Crippen molar-refractivity contribution >= 4 is 74.5 Å². The number of ether oxygens (including phenoxy) is 1. The molecule has 0 aromatic heterocycles. The van der Waals surface area contributed by atoms with Gasteiger partial charge in [0.2, 0.25) is 0 Å². The van der Waals surface area contributed by atoms with Crippen molar-refractivity contribution in [2.24, 2.45) is 0 Å². The van der Waals surface area contributed by atoms with Crippen molar-refractivity contribution in [3.8, 4) is 11.8 Å². The molecular weight excluding hydrogens is 638 g/mol. The van der Waals surface area contributed by atoms with Crippen LogP contribution >= 0.6 is 56.8 Å². The highest BCUT2D eigenvalue weighted by atomic mass is 127. The first-order valence-electron chi connectivity index (χ1n) is 9.22. The molecule has 0 bridgehead atoms. The summed E-state index contributed by atoms with van der Waals surface area (Å²) in [4.78, 5) is 12.5. The largest absolute Gasteiger partial charge is 0.487 e. The molecule has 0 aliphatic carbocycles. The number of anilines is 1. The predicted octanol–water partition coefficient (Wildman–Crippen LogP) is 6.98. The molecule has 4 nitrogen and oxygen atoms in total. The Morgan fingerprint density at radius 1 is 1.13 bits per heavy atom. The predicted molar refractivity (Wildman–Crippen MR) is 141 cm³/mol. The average molecular weight is 655 g/mol. The minimum absolute atomic E-state index is 0.0140. The summed E-state index contributed by atoms with van der Waals surface area (Å²) in [6.07, 6.45) is 1.56. The SMILES string of the molecule is Cc1ccc(COc2c(I)cc(/C=C(\C#N)C(=O)Nc3ccccc3Cl)cc2I)cc1. The Morgan fingerprint density at radius 3 is 2.39 bits per heavy atom. The number of nitrogens with zero attached hydrogens (tertiary/aromatic N) is 1. The summed E-state index contributed by atoms with van der Waals surface area (Å²) in [5.41, 5.74) is 3.47. The van der Waals surface area contributed by atoms with E-state index in [1.54, 1.807) is 30.3 Å². The van der Waals surface area contributed by atoms with Gasteiger partial charge in [-0.2, -0.15) is 5.26 Å². The van der Waals surface area contributed by atoms with Crippen molar-refractivity contribution in [2.45, 2.75) is 13.5 Å². The molecule has 0 atom stereocenters. The van der Waals surface area contributed by atoms with Crippen LogP contribution in [0, 0.1) is 25.4 Å². The zero-order valence-electron chi connectivity index (χ0n) is 16.5. The van der Waals surface area contributed by atoms with Gasteiger partial charge < -0.3 is 10.1 Å². The lowest BCUT2D eigenvalue weighted by Gasteiger charge is -2.12. The van der Waals surface area contributed by atoms with E-state index in [-0.39, 0.29) is 5.57 Å². The molecule has 1 amide bonds. The number of rotatable bonds is 6. The van der Waals surface area contributed by atoms with E-state index >= 15 is 0 Å². The van der Waals surface area contributed by atoms with Gasteiger partial charge in [0.05, 0.1) is 17.9 Å². The molecule has 0 unspecified atom stereocenters. The van der Waals surface area contributed by atoms with Crippen molar-refractivity contribution in [1.82, 2.24) is 0 Å². The highest BCUT2D eigenvalue weighted by molar-refractivity contribution is 14.1. The molecule has 31 heavy (non-hydrogen) atoms. The minimum Gasteiger partial charge on any atom is -0.487 e. The first-order valence-corrected chi connectivity index (χ1v) is 11.8. The maximum Gasteiger partial charge on any atom is 0.266 e. The zero-order valence-corrected chi connectivity index (χ0v) is 21.5. The molecular formula is C24H17ClI2N2O2. The summed E-state index contributed by atoms with van der Waals surface area (Å²) in [5, 5.41) is 12.6. The summed E-state index contributed by atoms with van der Waals surface area (Å²) in [7, 11) is 0. The highest BCUT2D eigenvalue weighted by Gasteiger charge is 2.13. The average Bonchev–Trinajstić information content (AvgIpc) is 2.74. The number of carbonyl (C=O) groups excluding carboxylic acids is 1. The molecule has 3 aromatic rings. The van der Waals surface area contributed by atoms with Gasteiger partial charge in [-0.15, -0.1) is 0 Å². The van der Waals surface area contributed by atoms with Gasteiger partial charge in [-0.05, 0) is 93.6 Å². The quantitative estimate of drug-likeness (QED) is 0.177. The maximum absolute atomic E-state index is 12.5. The number of hydrogen-bond donors (Lipinski definition) is 1. The molecule has 0 aliphatic rings. The third-order valence-electron chi connectivity index (χ3n) is 4.32. The molecule has 0 heterocycles. The Bertz CT molecular complexity index is 1160. The Balaban J connectivity index is 1.78. The molecule has 0 radical (unpaired) electrons. The number of carbonyl (C=O) groups is 1. The Morgan fingerprint density at radius 2 is 1.77 bits per heavy atom. The second-order valence-corrected chi connectivity index (χ2v) is 9.42. The fourth-order valence-corrected chi connectivity index (χ4v) is 5.02. The van der Waals surface area contributed by atoms with Gasteiger partial charge in [-0.1, -0.05) is 53.6 Å². The second kappa shape index (κ2) is 11.0. The third kappa shape index (κ3) is 6.45. The van der Waals surface area contributed by atoms with Gasteiger partial charge in [0, 0.05) is 0 Å². The van der Waals surface area contributed by atoms with Gasteiger partial charge in [0.15, 0.2) is 0 Å². The van der Waals surface area contributed by atoms with Gasteiger partial charge in [-0.3, -0.25) is 4.79 Å². The summed E-state index contributed by atoms with van der Waals surface area (Å²) < 4.78 is 7.81. The lowest BCUT2D eigenvalue weighted by atomic mass is 10.1. The number of halogens is 3. The van der Waals surface area contributed by atoms with E-state index in [4.69, 9.17) is 16.3 Å². The zero-order chi connectivity index (χ0) is 22.4. The normalized spacial score (nSPS) is 11.0. The van der Waals surface area contributed by atoms with Crippen LogP contribution in [0.15, 0.2) is 66.2 Å². The smallest absolute Gasteiger partial charge is 0.266 e. The summed E-state index contributed by atoms with van der Waals surface area (Å²) >= 11 is 10.5. The van der Waals surface area contributed by atoms with Crippen molar-refractivity contribution in [3.05, 3.63) is 95.1 Å². The Kier molecular flexibility index (Phi) is 8.35. The lowest BCUT2D eigenvalue weighted by molar-refractivity contribution is -0.112. The van der Waals surface area contributed by atoms with Gasteiger partial charge in [-0.25, -0.2) is 0 Å². The standard InChI is InChI=1S/C24H17ClI2N2O2/c1-15-6-8-16(9-7-15)14-31-23-20(26)11-17(12-21(23)27)10-18(13-28)24(30)29-22-5-3-2-4-19(22)25/h2-12H,14H2,1H3,(H,29,30)/b18-10+. The molecule has 0 saturated heterocycles. The van der Waals surface area contributed by atoms with E-state index in [1.165, 1.54) is 5.56 Å². The van der Waals surface area contributed by atoms with Crippen LogP contribution in [0.5, 0.6) is 5.75 Å². The fraction of sp³-hybridized carbons (Fsp3) is 0.0833. The second-order valence-electron chi connectivity index (χ2n) is 6.69. The molecule has 3 rings (SSSR count). The van der Waals surface area contributed by atoms with E-state index in [2.05, 4.69) is 62.6 Å². The van der Waals surface area contributed by atoms with Crippen LogP contribution in [0.2, 0.25) is 5.02 Å². The van der Waals surface area contributed by atoms with E-state index in [0.717, 1.165) is 24.0 Å². The molecule has 1 N–H and O–H groups in total. The monoisotopic (exact) mass is 654 g/mol. The summed E-state index contributed by atoms with van der Waals surface area (Å²) in [6, 6.07) is 20.8. The van der Waals surface area contributed by atoms with Crippen LogP contribution in [0.3, 0.4) is 0 Å². The molecule has 0 spiro atoms. The molecule has 0 saturated carbocycles. The summed E-state index contributed by atoms with van der Waals surface area (Å²) in [5.74, 6) is 0.262. The van der Waals surface area contributed by atoms with Crippen LogP contribution in [0.25, 0.3) is 6.08 Å². The first kappa shape index (κ1) is 23.6. The van der Waals surface area contributed by atoms with Gasteiger partial charge in [0.25, 0.3) is 5.91 Å². The van der Waals surface area contributed by atoms with Crippen molar-refractivity contribution in [2.75, 3.05) is 5.32 Å². The van der Waals surface area contributed by atoms with E-state index in [1.807, 2.05) is 37.3 Å². The minimum atomic E-state index is -0.514. The van der Waals surface area contributed by atoms with Crippen molar-refractivity contribution in [3.63, 3.8) is 0 Å². The molecule has 0 aliphatic heterocycles. The van der Waals surface area contributed by atoms with E-state index in [0.29, 0.717) is 17.3 Å². The molecule has 156 valence electrons. The molecule has 0 fully saturated rings. The number of nitrogens with one attached hydrogen (secondary N) is 1. The van der Waals surface area contributed by atoms with Crippen molar-refractivity contribution < 1.29 is 9.53 Å². The number of aryl methyl sites for hydroxylation is 1. The highest BCUT2D eigenvalue weighted by Crippen LogP contribution is 2.31. The van der Waals surface area contributed by atoms with Crippen LogP contribution in [-0.2, 0) is 11.4 Å². The van der Waals surface area contributed by atoms with Gasteiger partial charge in [0.1, 0.15) is 24.0 Å². The molecule has 3 aromatic carbocycles. The topological polar surface area (TPSA) is 62.1 Å². The number of nitriles is 1. The molecule has 7 heteroatoms. The van der Waals surface area contributed by atoms with Crippen molar-refractivity contribution in [1.29, 1.82) is 5.26 Å². The van der Waals surface area contributed by atoms with Crippen LogP contribution in [0.4, 0.5) is 5.69 Å².